The summed E-state index contributed by atoms with van der Waals surface area (Å²) in [7, 11) is 5.34. The second kappa shape index (κ2) is 35.4. The first kappa shape index (κ1) is 69.6. The number of nitrogens with zero attached hydrogens (tertiary/aromatic N) is 5. The van der Waals surface area contributed by atoms with E-state index in [9.17, 15) is 24.0 Å². The van der Waals surface area contributed by atoms with Gasteiger partial charge in [-0.3, -0.25) is 24.0 Å². The highest BCUT2D eigenvalue weighted by Crippen LogP contribution is 2.34. The quantitative estimate of drug-likeness (QED) is 0.0452. The standard InChI is InChI=1S/2C25H32N4O3.C17H25NO2.ClH/c2*1-5-11-32-24-19(7-6-8-21(24)17(2)3)16-29(4)23(31)10-9-18-12-20-14-26-15-22(30)28-25(20)27-13-18;1-6-11-20-17-14(12-18(5)16(19)7-2)9-8-10-15(17)13(3)4;/h2*6-10,12-13,17,26H,5,11,14-16H2,1-4H3,(H,27,28,30);7-10,13H,2,6,11-12H2,1,3-5H3;1H/b2*10-9+;;. The molecule has 2 aliphatic heterocycles. The Morgan fingerprint density at radius 3 is 1.18 bits per heavy atom. The van der Waals surface area contributed by atoms with E-state index in [2.05, 4.69) is 118 Å². The van der Waals surface area contributed by atoms with Gasteiger partial charge in [-0.05, 0) is 95.2 Å². The highest BCUT2D eigenvalue weighted by Gasteiger charge is 2.20. The SMILES string of the molecule is C=CC(=O)N(C)Cc1cccc(C(C)C)c1OCCC.CCCOc1c(CN(C)C(=O)/C=C/c2cnc3c(c2)CNCC(=O)N3)cccc1C(C)C.CCCOc1c(CN(C)C(=O)/C=C/c2cnc3c(c2)CNCC(=O)N3)cccc1C(C)C.Cl. The van der Waals surface area contributed by atoms with Crippen molar-refractivity contribution < 1.29 is 38.2 Å². The lowest BCUT2D eigenvalue weighted by Crippen LogP contribution is -2.24. The van der Waals surface area contributed by atoms with E-state index in [0.29, 0.717) is 81.9 Å². The van der Waals surface area contributed by atoms with Crippen LogP contribution in [-0.4, -0.2) is 108 Å². The Morgan fingerprint density at radius 2 is 0.871 bits per heavy atom. The molecule has 5 aromatic rings. The van der Waals surface area contributed by atoms with Crippen LogP contribution in [0.5, 0.6) is 17.2 Å². The normalized spacial score (nSPS) is 12.7. The average Bonchev–Trinajstić information content (AvgIpc) is 3.94. The fourth-order valence-corrected chi connectivity index (χ4v) is 9.15. The molecule has 85 heavy (non-hydrogen) atoms. The number of aromatic nitrogens is 2. The van der Waals surface area contributed by atoms with Gasteiger partial charge in [-0.15, -0.1) is 12.4 Å². The summed E-state index contributed by atoms with van der Waals surface area (Å²) in [6.07, 6.45) is 14.0. The van der Waals surface area contributed by atoms with Crippen molar-refractivity contribution in [1.82, 2.24) is 35.3 Å². The molecule has 2 aromatic heterocycles. The Bertz CT molecular complexity index is 2940. The zero-order valence-corrected chi connectivity index (χ0v) is 52.8. The van der Waals surface area contributed by atoms with Crippen LogP contribution in [0, 0.1) is 0 Å². The smallest absolute Gasteiger partial charge is 0.246 e. The van der Waals surface area contributed by atoms with E-state index in [1.165, 1.54) is 11.6 Å². The van der Waals surface area contributed by atoms with Crippen molar-refractivity contribution in [2.75, 3.05) is 64.7 Å². The first-order chi connectivity index (χ1) is 40.3. The van der Waals surface area contributed by atoms with E-state index in [0.717, 1.165) is 86.6 Å². The van der Waals surface area contributed by atoms with Gasteiger partial charge in [0.05, 0.1) is 32.9 Å². The molecule has 4 heterocycles. The van der Waals surface area contributed by atoms with Gasteiger partial charge in [0.15, 0.2) is 0 Å². The second-order valence-electron chi connectivity index (χ2n) is 21.8. The van der Waals surface area contributed by atoms with Crippen LogP contribution in [0.15, 0.2) is 104 Å². The van der Waals surface area contributed by atoms with Gasteiger partial charge in [0, 0.05) is 106 Å². The van der Waals surface area contributed by atoms with Crippen molar-refractivity contribution in [3.63, 3.8) is 0 Å². The number of halogens is 1. The molecule has 2 aliphatic rings. The van der Waals surface area contributed by atoms with E-state index in [1.54, 1.807) is 72.5 Å². The first-order valence-corrected chi connectivity index (χ1v) is 29.2. The largest absolute Gasteiger partial charge is 0.493 e. The number of nitrogens with one attached hydrogen (secondary N) is 4. The summed E-state index contributed by atoms with van der Waals surface area (Å²) in [5.74, 6) is 4.36. The Morgan fingerprint density at radius 1 is 0.541 bits per heavy atom. The minimum absolute atomic E-state index is 0. The third kappa shape index (κ3) is 21.3. The minimum atomic E-state index is -0.111. The number of fused-ring (bicyclic) bond motifs is 2. The number of hydrogen-bond acceptors (Lipinski definition) is 12. The van der Waals surface area contributed by atoms with Crippen molar-refractivity contribution in [2.45, 2.75) is 132 Å². The molecule has 7 rings (SSSR count). The maximum atomic E-state index is 12.8. The van der Waals surface area contributed by atoms with Gasteiger partial charge in [0.1, 0.15) is 28.9 Å². The second-order valence-corrected chi connectivity index (χ2v) is 21.8. The molecule has 0 radical (unpaired) electrons. The zero-order chi connectivity index (χ0) is 61.3. The summed E-state index contributed by atoms with van der Waals surface area (Å²) in [5.41, 5.74) is 9.94. The molecule has 0 aliphatic carbocycles. The molecular weight excluding hydrogens is 1090 g/mol. The lowest BCUT2D eigenvalue weighted by molar-refractivity contribution is -0.126. The summed E-state index contributed by atoms with van der Waals surface area (Å²) < 4.78 is 18.0. The number of rotatable bonds is 23. The minimum Gasteiger partial charge on any atom is -0.493 e. The molecule has 3 aromatic carbocycles. The predicted octanol–water partition coefficient (Wildman–Crippen LogP) is 11.6. The fraction of sp³-hybridized carbons (Fsp3) is 0.418. The van der Waals surface area contributed by atoms with E-state index in [1.807, 2.05) is 48.5 Å². The van der Waals surface area contributed by atoms with Crippen molar-refractivity contribution in [1.29, 1.82) is 0 Å². The van der Waals surface area contributed by atoms with Crippen LogP contribution in [0.4, 0.5) is 11.6 Å². The first-order valence-electron chi connectivity index (χ1n) is 29.2. The van der Waals surface area contributed by atoms with Crippen molar-refractivity contribution in [3.05, 3.63) is 160 Å². The number of hydrogen-bond donors (Lipinski definition) is 4. The molecule has 0 bridgehead atoms. The topological polar surface area (TPSA) is 197 Å². The maximum absolute atomic E-state index is 12.8. The predicted molar refractivity (Wildman–Crippen MR) is 343 cm³/mol. The zero-order valence-electron chi connectivity index (χ0n) is 51.9. The van der Waals surface area contributed by atoms with Gasteiger partial charge in [-0.2, -0.15) is 0 Å². The third-order valence-electron chi connectivity index (χ3n) is 13.7. The van der Waals surface area contributed by atoms with Crippen LogP contribution >= 0.6 is 12.4 Å². The summed E-state index contributed by atoms with van der Waals surface area (Å²) in [5, 5.41) is 11.7. The number of ether oxygens (including phenoxy) is 3. The van der Waals surface area contributed by atoms with Crippen LogP contribution in [-0.2, 0) is 56.7 Å². The van der Waals surface area contributed by atoms with Crippen molar-refractivity contribution >= 4 is 65.7 Å². The van der Waals surface area contributed by atoms with E-state index < -0.39 is 0 Å². The van der Waals surface area contributed by atoms with Gasteiger partial charge in [-0.25, -0.2) is 9.97 Å². The van der Waals surface area contributed by atoms with Crippen molar-refractivity contribution in [3.8, 4) is 17.2 Å². The molecule has 458 valence electrons. The molecule has 0 spiro atoms. The number of pyridine rings is 2. The highest BCUT2D eigenvalue weighted by molar-refractivity contribution is 5.95. The number of anilines is 2. The van der Waals surface area contributed by atoms with Crippen LogP contribution in [0.1, 0.15) is 155 Å². The average molecular weight is 1180 g/mol. The Labute approximate surface area is 510 Å². The molecule has 4 N–H and O–H groups in total. The van der Waals surface area contributed by atoms with Gasteiger partial charge < -0.3 is 50.2 Å². The Balaban J connectivity index is 0.000000280. The molecule has 0 saturated carbocycles. The fourth-order valence-electron chi connectivity index (χ4n) is 9.15. The highest BCUT2D eigenvalue weighted by atomic mass is 35.5. The van der Waals surface area contributed by atoms with E-state index in [4.69, 9.17) is 14.2 Å². The molecule has 5 amide bonds. The molecule has 0 atom stereocenters. The maximum Gasteiger partial charge on any atom is 0.246 e. The van der Waals surface area contributed by atoms with Crippen LogP contribution in [0.3, 0.4) is 0 Å². The van der Waals surface area contributed by atoms with Crippen LogP contribution in [0.25, 0.3) is 12.2 Å². The molecule has 0 saturated heterocycles. The number of para-hydroxylation sites is 3. The summed E-state index contributed by atoms with van der Waals surface area (Å²) >= 11 is 0. The van der Waals surface area contributed by atoms with Crippen LogP contribution < -0.4 is 35.5 Å². The number of carbonyl (C=O) groups excluding carboxylic acids is 5. The van der Waals surface area contributed by atoms with Gasteiger partial charge in [-0.1, -0.05) is 123 Å². The van der Waals surface area contributed by atoms with E-state index >= 15 is 0 Å². The summed E-state index contributed by atoms with van der Waals surface area (Å²) in [6.45, 7) is 27.7. The third-order valence-corrected chi connectivity index (χ3v) is 13.7. The lowest BCUT2D eigenvalue weighted by Gasteiger charge is -2.21. The van der Waals surface area contributed by atoms with E-state index in [-0.39, 0.29) is 55.0 Å². The molecule has 0 unspecified atom stereocenters. The number of likely N-dealkylation sites (N-methyl/N-ethyl adjacent to an activating group) is 3. The summed E-state index contributed by atoms with van der Waals surface area (Å²) in [6, 6.07) is 22.2. The van der Waals surface area contributed by atoms with Gasteiger partial charge in [0.25, 0.3) is 0 Å². The Hall–Kier alpha value is -7.86. The van der Waals surface area contributed by atoms with Crippen molar-refractivity contribution in [2.24, 2.45) is 0 Å². The molecule has 0 fully saturated rings. The number of amides is 5. The molecular formula is C67H90ClN9O8. The molecule has 18 heteroatoms. The van der Waals surface area contributed by atoms with Gasteiger partial charge >= 0.3 is 0 Å². The monoisotopic (exact) mass is 1180 g/mol. The lowest BCUT2D eigenvalue weighted by atomic mass is 9.98. The number of carbonyl (C=O) groups is 5. The van der Waals surface area contributed by atoms with Gasteiger partial charge in [0.2, 0.25) is 29.5 Å². The van der Waals surface area contributed by atoms with Crippen LogP contribution in [0.2, 0.25) is 0 Å². The number of benzene rings is 3. The Kier molecular flexibility index (Phi) is 29.0. The molecule has 17 nitrogen and oxygen atoms in total. The summed E-state index contributed by atoms with van der Waals surface area (Å²) in [4.78, 5) is 74.0.